The number of rotatable bonds is 11. The van der Waals surface area contributed by atoms with Crippen LogP contribution >= 0.6 is 0 Å². The van der Waals surface area contributed by atoms with Crippen molar-refractivity contribution in [1.29, 1.82) is 0 Å². The molecule has 1 aromatic rings. The lowest BCUT2D eigenvalue weighted by molar-refractivity contribution is -0.141. The van der Waals surface area contributed by atoms with E-state index in [4.69, 9.17) is 10.2 Å². The van der Waals surface area contributed by atoms with Crippen molar-refractivity contribution in [2.45, 2.75) is 76.3 Å². The topological polar surface area (TPSA) is 107 Å². The Balaban J connectivity index is 1.95. The minimum Gasteiger partial charge on any atom is -0.481 e. The molecular formula is C24H36N2O5. The number of likely N-dealkylation sites (N-methyl/N-ethyl adjacent to an activating group) is 1. The molecule has 0 radical (unpaired) electrons. The normalized spacial score (nSPS) is 22.1. The second-order valence-corrected chi connectivity index (χ2v) is 9.14. The maximum atomic E-state index is 12.7. The van der Waals surface area contributed by atoms with Crippen molar-refractivity contribution in [2.75, 3.05) is 14.1 Å². The average Bonchev–Trinajstić information content (AvgIpc) is 2.70. The van der Waals surface area contributed by atoms with Crippen molar-refractivity contribution < 1.29 is 24.6 Å². The maximum absolute atomic E-state index is 12.7. The lowest BCUT2D eigenvalue weighted by Crippen LogP contribution is -2.52. The van der Waals surface area contributed by atoms with Gasteiger partial charge < -0.3 is 20.4 Å². The smallest absolute Gasteiger partial charge is 0.304 e. The molecule has 1 saturated carbocycles. The maximum Gasteiger partial charge on any atom is 0.304 e. The first-order chi connectivity index (χ1) is 14.6. The molecule has 1 unspecified atom stereocenters. The summed E-state index contributed by atoms with van der Waals surface area (Å²) in [6, 6.07) is 8.66. The van der Waals surface area contributed by atoms with Crippen LogP contribution in [0, 0.1) is 12.8 Å². The zero-order chi connectivity index (χ0) is 23.0. The molecule has 7 heteroatoms. The van der Waals surface area contributed by atoms with Gasteiger partial charge in [0.1, 0.15) is 0 Å². The van der Waals surface area contributed by atoms with Crippen LogP contribution < -0.4 is 5.32 Å². The Morgan fingerprint density at radius 3 is 2.23 bits per heavy atom. The van der Waals surface area contributed by atoms with Gasteiger partial charge in [-0.2, -0.15) is 0 Å². The second kappa shape index (κ2) is 11.3. The van der Waals surface area contributed by atoms with Crippen LogP contribution in [0.4, 0.5) is 0 Å². The zero-order valence-corrected chi connectivity index (χ0v) is 18.9. The number of hydrogen-bond donors (Lipinski definition) is 3. The number of carboxylic acid groups (broad SMARTS) is 2. The molecule has 2 rings (SSSR count). The van der Waals surface area contributed by atoms with Gasteiger partial charge >= 0.3 is 11.9 Å². The van der Waals surface area contributed by atoms with Gasteiger partial charge in [-0.1, -0.05) is 29.8 Å². The highest BCUT2D eigenvalue weighted by atomic mass is 16.4. The lowest BCUT2D eigenvalue weighted by Gasteiger charge is -2.45. The molecule has 1 aliphatic rings. The molecule has 0 bridgehead atoms. The molecule has 0 heterocycles. The van der Waals surface area contributed by atoms with Crippen molar-refractivity contribution in [2.24, 2.45) is 5.92 Å². The predicted molar refractivity (Wildman–Crippen MR) is 119 cm³/mol. The van der Waals surface area contributed by atoms with Crippen LogP contribution in [0.2, 0.25) is 0 Å². The quantitative estimate of drug-likeness (QED) is 0.496. The predicted octanol–water partition coefficient (Wildman–Crippen LogP) is 3.24. The summed E-state index contributed by atoms with van der Waals surface area (Å²) >= 11 is 0. The summed E-state index contributed by atoms with van der Waals surface area (Å²) < 4.78 is 0. The summed E-state index contributed by atoms with van der Waals surface area (Å²) in [5.41, 5.74) is 2.59. The Bertz CT molecular complexity index is 752. The number of nitrogens with one attached hydrogen (secondary N) is 1. The van der Waals surface area contributed by atoms with Gasteiger partial charge in [0, 0.05) is 23.9 Å². The zero-order valence-electron chi connectivity index (χ0n) is 18.9. The number of aryl methyl sites for hydroxylation is 1. The molecule has 1 atom stereocenters. The van der Waals surface area contributed by atoms with E-state index in [0.717, 1.165) is 32.1 Å². The van der Waals surface area contributed by atoms with Crippen LogP contribution in [0.15, 0.2) is 24.3 Å². The van der Waals surface area contributed by atoms with Crippen LogP contribution in [0.25, 0.3) is 0 Å². The fourth-order valence-electron chi connectivity index (χ4n) is 4.52. The van der Waals surface area contributed by atoms with Crippen molar-refractivity contribution in [3.8, 4) is 0 Å². The first-order valence-corrected chi connectivity index (χ1v) is 11.1. The number of nitrogens with zero attached hydrogens (tertiary/aromatic N) is 1. The summed E-state index contributed by atoms with van der Waals surface area (Å²) in [5.74, 6) is -2.93. The highest BCUT2D eigenvalue weighted by Crippen LogP contribution is 2.35. The molecule has 0 aliphatic heterocycles. The van der Waals surface area contributed by atoms with Crippen molar-refractivity contribution in [3.05, 3.63) is 35.4 Å². The standard InChI is InChI=1S/C24H36N2O5/c1-17-7-9-18(10-8-17)16-24(26(2)3)13-11-20(12-14-24)25-23(31)19(15-22(29)30)5-4-6-21(27)28/h7-10,19-20H,4-6,11-16H2,1-3H3,(H,25,31)(H,27,28)(H,29,30). The molecule has 172 valence electrons. The van der Waals surface area contributed by atoms with E-state index < -0.39 is 17.9 Å². The summed E-state index contributed by atoms with van der Waals surface area (Å²) in [6.45, 7) is 2.08. The molecule has 1 aromatic carbocycles. The number of carbonyl (C=O) groups is 3. The SMILES string of the molecule is Cc1ccc(CC2(N(C)C)CCC(NC(=O)C(CCCC(=O)O)CC(=O)O)CC2)cc1. The number of aliphatic carboxylic acids is 2. The fraction of sp³-hybridized carbons (Fsp3) is 0.625. The summed E-state index contributed by atoms with van der Waals surface area (Å²) in [6.07, 6.45) is 4.76. The van der Waals surface area contributed by atoms with E-state index in [1.807, 2.05) is 0 Å². The van der Waals surface area contributed by atoms with E-state index in [2.05, 4.69) is 55.5 Å². The van der Waals surface area contributed by atoms with Crippen LogP contribution in [0.3, 0.4) is 0 Å². The number of hydrogen-bond acceptors (Lipinski definition) is 4. The van der Waals surface area contributed by atoms with Crippen LogP contribution in [-0.4, -0.2) is 58.6 Å². The molecule has 1 fully saturated rings. The van der Waals surface area contributed by atoms with Crippen molar-refractivity contribution in [1.82, 2.24) is 10.2 Å². The molecule has 0 saturated heterocycles. The first-order valence-electron chi connectivity index (χ1n) is 11.1. The number of carbonyl (C=O) groups excluding carboxylic acids is 1. The van der Waals surface area contributed by atoms with Gasteiger partial charge in [0.05, 0.1) is 6.42 Å². The van der Waals surface area contributed by atoms with Crippen molar-refractivity contribution in [3.63, 3.8) is 0 Å². The van der Waals surface area contributed by atoms with E-state index >= 15 is 0 Å². The van der Waals surface area contributed by atoms with Gasteiger partial charge in [-0.15, -0.1) is 0 Å². The number of amides is 1. The van der Waals surface area contributed by atoms with E-state index in [0.29, 0.717) is 6.42 Å². The van der Waals surface area contributed by atoms with Crippen LogP contribution in [0.5, 0.6) is 0 Å². The Kier molecular flexibility index (Phi) is 9.04. The molecule has 0 aromatic heterocycles. The fourth-order valence-corrected chi connectivity index (χ4v) is 4.52. The van der Waals surface area contributed by atoms with E-state index in [-0.39, 0.29) is 36.8 Å². The van der Waals surface area contributed by atoms with Gasteiger partial charge in [0.15, 0.2) is 0 Å². The molecule has 0 spiro atoms. The average molecular weight is 433 g/mol. The van der Waals surface area contributed by atoms with Crippen LogP contribution in [0.1, 0.15) is 62.5 Å². The second-order valence-electron chi connectivity index (χ2n) is 9.14. The number of benzene rings is 1. The van der Waals surface area contributed by atoms with Crippen LogP contribution in [-0.2, 0) is 20.8 Å². The van der Waals surface area contributed by atoms with E-state index in [9.17, 15) is 14.4 Å². The third-order valence-corrected chi connectivity index (χ3v) is 6.60. The van der Waals surface area contributed by atoms with Crippen molar-refractivity contribution >= 4 is 17.8 Å². The third kappa shape index (κ3) is 7.65. The lowest BCUT2D eigenvalue weighted by atomic mass is 9.74. The van der Waals surface area contributed by atoms with Gasteiger partial charge in [-0.3, -0.25) is 14.4 Å². The number of carboxylic acids is 2. The molecule has 31 heavy (non-hydrogen) atoms. The Morgan fingerprint density at radius 2 is 1.71 bits per heavy atom. The van der Waals surface area contributed by atoms with Gasteiger partial charge in [0.25, 0.3) is 0 Å². The molecule has 1 amide bonds. The minimum absolute atomic E-state index is 0.0226. The first kappa shape index (κ1) is 24.9. The molecular weight excluding hydrogens is 396 g/mol. The Morgan fingerprint density at radius 1 is 1.10 bits per heavy atom. The summed E-state index contributed by atoms with van der Waals surface area (Å²) in [7, 11) is 4.22. The third-order valence-electron chi connectivity index (χ3n) is 6.60. The molecule has 1 aliphatic carbocycles. The van der Waals surface area contributed by atoms with Gasteiger partial charge in [-0.25, -0.2) is 0 Å². The highest BCUT2D eigenvalue weighted by molar-refractivity contribution is 5.83. The minimum atomic E-state index is -1.04. The van der Waals surface area contributed by atoms with Gasteiger partial charge in [0.2, 0.25) is 5.91 Å². The van der Waals surface area contributed by atoms with E-state index in [1.165, 1.54) is 11.1 Å². The molecule has 3 N–H and O–H groups in total. The highest BCUT2D eigenvalue weighted by Gasteiger charge is 2.38. The van der Waals surface area contributed by atoms with Gasteiger partial charge in [-0.05, 0) is 71.5 Å². The largest absolute Gasteiger partial charge is 0.481 e. The summed E-state index contributed by atoms with van der Waals surface area (Å²) in [4.78, 5) is 36.9. The Hall–Kier alpha value is -2.41. The monoisotopic (exact) mass is 432 g/mol. The van der Waals surface area contributed by atoms with E-state index in [1.54, 1.807) is 0 Å². The molecule has 7 nitrogen and oxygen atoms in total. The summed E-state index contributed by atoms with van der Waals surface area (Å²) in [5, 5.41) is 21.0. The Labute approximate surface area is 184 Å².